The lowest BCUT2D eigenvalue weighted by molar-refractivity contribution is 0.0700. The van der Waals surface area contributed by atoms with Crippen LogP contribution in [0.3, 0.4) is 0 Å². The molecule has 1 heterocycles. The number of hydrogen-bond acceptors (Lipinski definition) is 4. The molecule has 2 aromatic rings. The van der Waals surface area contributed by atoms with E-state index in [0.29, 0.717) is 22.8 Å². The minimum Gasteiger partial charge on any atom is -0.477 e. The van der Waals surface area contributed by atoms with E-state index in [1.54, 1.807) is 24.3 Å². The smallest absolute Gasteiger partial charge is 0.347 e. The fourth-order valence-electron chi connectivity index (χ4n) is 1.57. The van der Waals surface area contributed by atoms with Crippen molar-refractivity contribution in [1.29, 1.82) is 0 Å². The predicted octanol–water partition coefficient (Wildman–Crippen LogP) is 2.66. The van der Waals surface area contributed by atoms with Crippen molar-refractivity contribution in [2.45, 2.75) is 13.3 Å². The molecule has 0 saturated carbocycles. The summed E-state index contributed by atoms with van der Waals surface area (Å²) < 4.78 is 0. The van der Waals surface area contributed by atoms with Crippen LogP contribution in [0.15, 0.2) is 30.3 Å². The highest BCUT2D eigenvalue weighted by Gasteiger charge is 2.17. The number of carboxylic acids is 1. The summed E-state index contributed by atoms with van der Waals surface area (Å²) in [7, 11) is 0. The summed E-state index contributed by atoms with van der Waals surface area (Å²) in [6.07, 6.45) is 0.513. The SMILES string of the molecule is CCc1nc(NC(=O)c2ccccc2)sc1C(=O)O. The highest BCUT2D eigenvalue weighted by atomic mass is 32.1. The Kier molecular flexibility index (Phi) is 3.91. The number of carboxylic acid groups (broad SMARTS) is 1. The van der Waals surface area contributed by atoms with Gasteiger partial charge in [-0.3, -0.25) is 10.1 Å². The zero-order chi connectivity index (χ0) is 13.8. The van der Waals surface area contributed by atoms with Crippen molar-refractivity contribution in [3.05, 3.63) is 46.5 Å². The fraction of sp³-hybridized carbons (Fsp3) is 0.154. The van der Waals surface area contributed by atoms with Crippen LogP contribution >= 0.6 is 11.3 Å². The van der Waals surface area contributed by atoms with Crippen LogP contribution in [-0.4, -0.2) is 22.0 Å². The number of nitrogens with one attached hydrogen (secondary N) is 1. The molecule has 0 aliphatic carbocycles. The van der Waals surface area contributed by atoms with E-state index in [4.69, 9.17) is 5.11 Å². The molecule has 0 aliphatic heterocycles. The van der Waals surface area contributed by atoms with Crippen LogP contribution in [0.1, 0.15) is 32.6 Å². The molecule has 0 fully saturated rings. The molecule has 0 radical (unpaired) electrons. The molecule has 0 unspecified atom stereocenters. The number of aromatic nitrogens is 1. The number of aromatic carboxylic acids is 1. The van der Waals surface area contributed by atoms with Gasteiger partial charge in [-0.05, 0) is 18.6 Å². The molecule has 2 N–H and O–H groups in total. The van der Waals surface area contributed by atoms with Gasteiger partial charge in [-0.25, -0.2) is 9.78 Å². The van der Waals surface area contributed by atoms with E-state index in [0.717, 1.165) is 11.3 Å². The topological polar surface area (TPSA) is 79.3 Å². The first-order valence-corrected chi connectivity index (χ1v) is 6.53. The van der Waals surface area contributed by atoms with E-state index in [2.05, 4.69) is 10.3 Å². The quantitative estimate of drug-likeness (QED) is 0.899. The van der Waals surface area contributed by atoms with E-state index in [9.17, 15) is 9.59 Å². The number of carbonyl (C=O) groups is 2. The van der Waals surface area contributed by atoms with Gasteiger partial charge in [-0.15, -0.1) is 0 Å². The average Bonchev–Trinajstić information content (AvgIpc) is 2.83. The first-order valence-electron chi connectivity index (χ1n) is 5.71. The minimum atomic E-state index is -1.02. The third-order valence-electron chi connectivity index (χ3n) is 2.48. The van der Waals surface area contributed by atoms with E-state index in [1.165, 1.54) is 0 Å². The van der Waals surface area contributed by atoms with Gasteiger partial charge in [0.15, 0.2) is 5.13 Å². The lowest BCUT2D eigenvalue weighted by Gasteiger charge is -2.00. The predicted molar refractivity (Wildman–Crippen MR) is 72.8 cm³/mol. The minimum absolute atomic E-state index is 0.172. The maximum atomic E-state index is 11.9. The number of benzene rings is 1. The van der Waals surface area contributed by atoms with Crippen molar-refractivity contribution < 1.29 is 14.7 Å². The summed E-state index contributed by atoms with van der Waals surface area (Å²) in [5.41, 5.74) is 0.994. The molecule has 2 rings (SSSR count). The lowest BCUT2D eigenvalue weighted by Crippen LogP contribution is -2.11. The van der Waals surface area contributed by atoms with Gasteiger partial charge in [0.1, 0.15) is 4.88 Å². The normalized spacial score (nSPS) is 10.2. The molecule has 1 aromatic heterocycles. The Bertz CT molecular complexity index is 608. The fourth-order valence-corrected chi connectivity index (χ4v) is 2.46. The van der Waals surface area contributed by atoms with E-state index in [1.807, 2.05) is 13.0 Å². The van der Waals surface area contributed by atoms with Gasteiger partial charge in [0, 0.05) is 5.56 Å². The van der Waals surface area contributed by atoms with Gasteiger partial charge in [0.2, 0.25) is 0 Å². The Morgan fingerprint density at radius 1 is 1.32 bits per heavy atom. The molecule has 0 bridgehead atoms. The first kappa shape index (κ1) is 13.2. The Morgan fingerprint density at radius 2 is 2.00 bits per heavy atom. The Labute approximate surface area is 113 Å². The van der Waals surface area contributed by atoms with Crippen LogP contribution in [0, 0.1) is 0 Å². The second kappa shape index (κ2) is 5.62. The number of hydrogen-bond donors (Lipinski definition) is 2. The monoisotopic (exact) mass is 276 g/mol. The number of rotatable bonds is 4. The summed E-state index contributed by atoms with van der Waals surface area (Å²) in [6, 6.07) is 8.70. The van der Waals surface area contributed by atoms with Crippen molar-refractivity contribution in [3.8, 4) is 0 Å². The molecule has 19 heavy (non-hydrogen) atoms. The van der Waals surface area contributed by atoms with Crippen molar-refractivity contribution >= 4 is 28.3 Å². The van der Waals surface area contributed by atoms with Crippen LogP contribution in [0.5, 0.6) is 0 Å². The van der Waals surface area contributed by atoms with Gasteiger partial charge < -0.3 is 5.11 Å². The van der Waals surface area contributed by atoms with Crippen molar-refractivity contribution in [3.63, 3.8) is 0 Å². The highest BCUT2D eigenvalue weighted by Crippen LogP contribution is 2.24. The number of nitrogens with zero attached hydrogens (tertiary/aromatic N) is 1. The molecule has 98 valence electrons. The molecule has 0 saturated heterocycles. The molecular weight excluding hydrogens is 264 g/mol. The Balaban J connectivity index is 2.20. The summed E-state index contributed by atoms with van der Waals surface area (Å²) in [6.45, 7) is 1.82. The molecule has 6 heteroatoms. The third kappa shape index (κ3) is 2.97. The average molecular weight is 276 g/mol. The lowest BCUT2D eigenvalue weighted by atomic mass is 10.2. The molecule has 0 aliphatic rings. The zero-order valence-corrected chi connectivity index (χ0v) is 11.0. The molecule has 5 nitrogen and oxygen atoms in total. The largest absolute Gasteiger partial charge is 0.477 e. The summed E-state index contributed by atoms with van der Waals surface area (Å²) >= 11 is 0.973. The van der Waals surface area contributed by atoms with Crippen molar-refractivity contribution in [2.75, 3.05) is 5.32 Å². The van der Waals surface area contributed by atoms with Gasteiger partial charge in [0.05, 0.1) is 5.69 Å². The molecule has 0 atom stereocenters. The van der Waals surface area contributed by atoms with Gasteiger partial charge in [0.25, 0.3) is 5.91 Å². The van der Waals surface area contributed by atoms with Crippen molar-refractivity contribution in [2.24, 2.45) is 0 Å². The Hall–Kier alpha value is -2.21. The third-order valence-corrected chi connectivity index (χ3v) is 3.48. The van der Waals surface area contributed by atoms with E-state index >= 15 is 0 Å². The van der Waals surface area contributed by atoms with Crippen LogP contribution in [0.4, 0.5) is 5.13 Å². The summed E-state index contributed by atoms with van der Waals surface area (Å²) in [5, 5.41) is 11.9. The van der Waals surface area contributed by atoms with Crippen LogP contribution in [-0.2, 0) is 6.42 Å². The number of anilines is 1. The Morgan fingerprint density at radius 3 is 2.53 bits per heavy atom. The maximum absolute atomic E-state index is 11.9. The second-order valence-corrected chi connectivity index (χ2v) is 4.77. The molecular formula is C13H12N2O3S. The zero-order valence-electron chi connectivity index (χ0n) is 10.2. The van der Waals surface area contributed by atoms with E-state index < -0.39 is 5.97 Å². The molecule has 1 amide bonds. The molecule has 1 aromatic carbocycles. The van der Waals surface area contributed by atoms with Crippen LogP contribution < -0.4 is 5.32 Å². The number of aryl methyl sites for hydroxylation is 1. The maximum Gasteiger partial charge on any atom is 0.347 e. The van der Waals surface area contributed by atoms with Crippen LogP contribution in [0.25, 0.3) is 0 Å². The number of thiazole rings is 1. The highest BCUT2D eigenvalue weighted by molar-refractivity contribution is 7.17. The van der Waals surface area contributed by atoms with Gasteiger partial charge >= 0.3 is 5.97 Å². The van der Waals surface area contributed by atoms with Crippen molar-refractivity contribution in [1.82, 2.24) is 4.98 Å². The van der Waals surface area contributed by atoms with E-state index in [-0.39, 0.29) is 10.8 Å². The summed E-state index contributed by atoms with van der Waals surface area (Å²) in [5.74, 6) is -1.32. The van der Waals surface area contributed by atoms with Gasteiger partial charge in [-0.2, -0.15) is 0 Å². The summed E-state index contributed by atoms with van der Waals surface area (Å²) in [4.78, 5) is 27.2. The standard InChI is InChI=1S/C13H12N2O3S/c1-2-9-10(12(17)18)19-13(14-9)15-11(16)8-6-4-3-5-7-8/h3-7H,2H2,1H3,(H,17,18)(H,14,15,16). The second-order valence-electron chi connectivity index (χ2n) is 3.77. The van der Waals surface area contributed by atoms with Gasteiger partial charge in [-0.1, -0.05) is 36.5 Å². The number of amides is 1. The van der Waals surface area contributed by atoms with Crippen LogP contribution in [0.2, 0.25) is 0 Å². The first-order chi connectivity index (χ1) is 9.11. The number of carbonyl (C=O) groups excluding carboxylic acids is 1. The molecule has 0 spiro atoms.